The molecule has 1 aliphatic heterocycles. The maximum Gasteiger partial charge on any atom is 0.329 e. The summed E-state index contributed by atoms with van der Waals surface area (Å²) in [5, 5.41) is 9.15. The zero-order chi connectivity index (χ0) is 10.8. The van der Waals surface area contributed by atoms with Crippen molar-refractivity contribution in [2.75, 3.05) is 6.54 Å². The van der Waals surface area contributed by atoms with Gasteiger partial charge in [-0.25, -0.2) is 4.79 Å². The predicted molar refractivity (Wildman–Crippen MR) is 51.9 cm³/mol. The maximum atomic E-state index is 11.3. The van der Waals surface area contributed by atoms with Crippen LogP contribution in [0.1, 0.15) is 39.5 Å². The normalized spacial score (nSPS) is 28.3. The maximum absolute atomic E-state index is 11.3. The zero-order valence-corrected chi connectivity index (χ0v) is 8.75. The molecule has 0 bridgehead atoms. The first-order chi connectivity index (χ1) is 6.48. The van der Waals surface area contributed by atoms with Gasteiger partial charge < -0.3 is 10.0 Å². The lowest BCUT2D eigenvalue weighted by Crippen LogP contribution is -2.53. The van der Waals surface area contributed by atoms with Crippen molar-refractivity contribution < 1.29 is 14.7 Å². The molecule has 0 radical (unpaired) electrons. The Hall–Kier alpha value is -1.06. The fourth-order valence-electron chi connectivity index (χ4n) is 2.02. The van der Waals surface area contributed by atoms with Gasteiger partial charge in [0.05, 0.1) is 0 Å². The van der Waals surface area contributed by atoms with E-state index < -0.39 is 11.5 Å². The minimum Gasteiger partial charge on any atom is -0.480 e. The van der Waals surface area contributed by atoms with Gasteiger partial charge >= 0.3 is 5.97 Å². The highest BCUT2D eigenvalue weighted by Gasteiger charge is 2.41. The monoisotopic (exact) mass is 199 g/mol. The number of nitrogens with zero attached hydrogens (tertiary/aromatic N) is 1. The van der Waals surface area contributed by atoms with Crippen molar-refractivity contribution in [3.8, 4) is 0 Å². The summed E-state index contributed by atoms with van der Waals surface area (Å²) in [6, 6.07) is 0. The Bertz CT molecular complexity index is 252. The molecule has 0 spiro atoms. The summed E-state index contributed by atoms with van der Waals surface area (Å²) < 4.78 is 0. The molecule has 0 saturated carbocycles. The highest BCUT2D eigenvalue weighted by atomic mass is 16.4. The lowest BCUT2D eigenvalue weighted by molar-refractivity contribution is -0.157. The van der Waals surface area contributed by atoms with Gasteiger partial charge in [0.15, 0.2) is 0 Å². The molecule has 0 aliphatic carbocycles. The van der Waals surface area contributed by atoms with E-state index in [1.165, 1.54) is 11.8 Å². The first kappa shape index (κ1) is 11.0. The number of hydrogen-bond acceptors (Lipinski definition) is 2. The van der Waals surface area contributed by atoms with Crippen molar-refractivity contribution in [3.63, 3.8) is 0 Å². The number of hydrogen-bond donors (Lipinski definition) is 1. The van der Waals surface area contributed by atoms with E-state index in [2.05, 4.69) is 0 Å². The topological polar surface area (TPSA) is 57.6 Å². The number of amides is 1. The molecule has 1 rings (SSSR count). The molecule has 4 nitrogen and oxygen atoms in total. The Balaban J connectivity index is 2.94. The van der Waals surface area contributed by atoms with Gasteiger partial charge in [0.2, 0.25) is 5.91 Å². The highest BCUT2D eigenvalue weighted by Crippen LogP contribution is 2.27. The van der Waals surface area contributed by atoms with E-state index in [9.17, 15) is 9.59 Å². The lowest BCUT2D eigenvalue weighted by Gasteiger charge is -2.35. The fourth-order valence-corrected chi connectivity index (χ4v) is 2.02. The summed E-state index contributed by atoms with van der Waals surface area (Å²) in [6.45, 7) is 3.65. The highest BCUT2D eigenvalue weighted by molar-refractivity contribution is 5.85. The standard InChI is InChI=1S/C10H17NO3/c1-8(12)11-7-5-3-4-6-10(11,2)9(13)14/h3-7H2,1-2H3,(H,13,14)/t10-/m1/s1. The molecule has 0 unspecified atom stereocenters. The van der Waals surface area contributed by atoms with Crippen molar-refractivity contribution in [1.82, 2.24) is 4.90 Å². The van der Waals surface area contributed by atoms with Crippen LogP contribution in [0.15, 0.2) is 0 Å². The molecule has 4 heteroatoms. The average Bonchev–Trinajstić information content (AvgIpc) is 2.27. The number of carboxylic acid groups (broad SMARTS) is 1. The van der Waals surface area contributed by atoms with Gasteiger partial charge in [-0.05, 0) is 19.8 Å². The number of carboxylic acids is 1. The Morgan fingerprint density at radius 3 is 2.43 bits per heavy atom. The van der Waals surface area contributed by atoms with Gasteiger partial charge in [0.25, 0.3) is 0 Å². The van der Waals surface area contributed by atoms with Gasteiger partial charge in [-0.15, -0.1) is 0 Å². The van der Waals surface area contributed by atoms with Crippen LogP contribution >= 0.6 is 0 Å². The average molecular weight is 199 g/mol. The number of carbonyl (C=O) groups excluding carboxylic acids is 1. The number of rotatable bonds is 1. The van der Waals surface area contributed by atoms with Gasteiger partial charge in [0, 0.05) is 13.5 Å². The molecule has 0 aromatic rings. The van der Waals surface area contributed by atoms with Crippen molar-refractivity contribution in [2.24, 2.45) is 0 Å². The van der Waals surface area contributed by atoms with Gasteiger partial charge in [-0.3, -0.25) is 4.79 Å². The van der Waals surface area contributed by atoms with Crippen LogP contribution in [0, 0.1) is 0 Å². The lowest BCUT2D eigenvalue weighted by atomic mass is 9.94. The number of aliphatic carboxylic acids is 1. The summed E-state index contributed by atoms with van der Waals surface area (Å²) in [7, 11) is 0. The minimum atomic E-state index is -0.998. The van der Waals surface area contributed by atoms with E-state index in [-0.39, 0.29) is 5.91 Å². The van der Waals surface area contributed by atoms with E-state index in [1.807, 2.05) is 0 Å². The molecule has 0 aromatic carbocycles. The molecule has 1 aliphatic rings. The van der Waals surface area contributed by atoms with Crippen LogP contribution in [0.25, 0.3) is 0 Å². The molecule has 1 heterocycles. The fraction of sp³-hybridized carbons (Fsp3) is 0.800. The second-order valence-corrected chi connectivity index (χ2v) is 4.06. The molecule has 1 saturated heterocycles. The molecule has 80 valence electrons. The van der Waals surface area contributed by atoms with E-state index in [1.54, 1.807) is 6.92 Å². The summed E-state index contributed by atoms with van der Waals surface area (Å²) in [5.41, 5.74) is -0.998. The number of likely N-dealkylation sites (tertiary alicyclic amines) is 1. The van der Waals surface area contributed by atoms with Crippen molar-refractivity contribution in [3.05, 3.63) is 0 Å². The van der Waals surface area contributed by atoms with Crippen molar-refractivity contribution in [2.45, 2.75) is 45.1 Å². The molecule has 1 N–H and O–H groups in total. The van der Waals surface area contributed by atoms with Gasteiger partial charge in [0.1, 0.15) is 5.54 Å². The van der Waals surface area contributed by atoms with Crippen LogP contribution in [0.4, 0.5) is 0 Å². The minimum absolute atomic E-state index is 0.142. The molecule has 1 amide bonds. The third-order valence-corrected chi connectivity index (χ3v) is 2.98. The van der Waals surface area contributed by atoms with E-state index >= 15 is 0 Å². The third kappa shape index (κ3) is 1.89. The Kier molecular flexibility index (Phi) is 3.13. The smallest absolute Gasteiger partial charge is 0.329 e. The molecule has 1 fully saturated rings. The SMILES string of the molecule is CC(=O)N1CCCCC[C@]1(C)C(=O)O. The van der Waals surface area contributed by atoms with Gasteiger partial charge in [-0.2, -0.15) is 0 Å². The van der Waals surface area contributed by atoms with Crippen LogP contribution in [0.2, 0.25) is 0 Å². The van der Waals surface area contributed by atoms with Gasteiger partial charge in [-0.1, -0.05) is 12.8 Å². The van der Waals surface area contributed by atoms with E-state index in [0.717, 1.165) is 19.3 Å². The molecular weight excluding hydrogens is 182 g/mol. The first-order valence-corrected chi connectivity index (χ1v) is 5.00. The van der Waals surface area contributed by atoms with Crippen LogP contribution in [-0.4, -0.2) is 34.0 Å². The van der Waals surface area contributed by atoms with Crippen molar-refractivity contribution in [1.29, 1.82) is 0 Å². The van der Waals surface area contributed by atoms with Crippen LogP contribution in [0.5, 0.6) is 0 Å². The zero-order valence-electron chi connectivity index (χ0n) is 8.75. The first-order valence-electron chi connectivity index (χ1n) is 5.00. The third-order valence-electron chi connectivity index (χ3n) is 2.98. The Morgan fingerprint density at radius 1 is 1.29 bits per heavy atom. The second-order valence-electron chi connectivity index (χ2n) is 4.06. The molecule has 1 atom stereocenters. The largest absolute Gasteiger partial charge is 0.480 e. The molecule has 14 heavy (non-hydrogen) atoms. The summed E-state index contributed by atoms with van der Waals surface area (Å²) in [4.78, 5) is 24.0. The van der Waals surface area contributed by atoms with E-state index in [0.29, 0.717) is 13.0 Å². The van der Waals surface area contributed by atoms with Crippen LogP contribution < -0.4 is 0 Å². The molecule has 0 aromatic heterocycles. The molecular formula is C10H17NO3. The van der Waals surface area contributed by atoms with E-state index in [4.69, 9.17) is 5.11 Å². The van der Waals surface area contributed by atoms with Crippen molar-refractivity contribution >= 4 is 11.9 Å². The summed E-state index contributed by atoms with van der Waals surface area (Å²) >= 11 is 0. The Labute approximate surface area is 83.9 Å². The Morgan fingerprint density at radius 2 is 1.93 bits per heavy atom. The van der Waals surface area contributed by atoms with Crippen LogP contribution in [0.3, 0.4) is 0 Å². The summed E-state index contributed by atoms with van der Waals surface area (Å²) in [6.07, 6.45) is 3.35. The predicted octanol–water partition coefficient (Wildman–Crippen LogP) is 1.25. The number of carbonyl (C=O) groups is 2. The summed E-state index contributed by atoms with van der Waals surface area (Å²) in [5.74, 6) is -1.04. The van der Waals surface area contributed by atoms with Crippen LogP contribution in [-0.2, 0) is 9.59 Å². The second kappa shape index (κ2) is 3.98. The quantitative estimate of drug-likeness (QED) is 0.691.